The predicted molar refractivity (Wildman–Crippen MR) is 65.3 cm³/mol. The van der Waals surface area contributed by atoms with Gasteiger partial charge in [0.25, 0.3) is 5.19 Å². The van der Waals surface area contributed by atoms with Gasteiger partial charge in [-0.25, -0.2) is 0 Å². The van der Waals surface area contributed by atoms with Gasteiger partial charge in [0.2, 0.25) is 0 Å². The van der Waals surface area contributed by atoms with E-state index in [1.54, 1.807) is 0 Å². The molecule has 2 N–H and O–H groups in total. The van der Waals surface area contributed by atoms with Crippen LogP contribution in [-0.2, 0) is 0 Å². The molecule has 1 aromatic heterocycles. The fraction of sp³-hybridized carbons (Fsp3) is 0.700. The summed E-state index contributed by atoms with van der Waals surface area (Å²) in [5.74, 6) is 0. The van der Waals surface area contributed by atoms with E-state index >= 15 is 0 Å². The van der Waals surface area contributed by atoms with Crippen LogP contribution < -0.4 is 10.5 Å². The molecule has 1 aliphatic rings. The first-order chi connectivity index (χ1) is 7.25. The van der Waals surface area contributed by atoms with Gasteiger partial charge in [-0.1, -0.05) is 24.2 Å². The number of halogens is 1. The number of nitrogens with zero attached hydrogens (tertiary/aromatic N) is 1. The minimum atomic E-state index is 0.144. The molecule has 0 aromatic carbocycles. The lowest BCUT2D eigenvalue weighted by atomic mass is 10.1. The molecule has 1 aromatic rings. The van der Waals surface area contributed by atoms with Gasteiger partial charge in [-0.05, 0) is 35.2 Å². The zero-order valence-electron chi connectivity index (χ0n) is 8.49. The van der Waals surface area contributed by atoms with E-state index in [0.29, 0.717) is 0 Å². The number of nitrogens with two attached hydrogens (primary N) is 1. The SMILES string of the molecule is NC1CCCCCC1Oc1nc(Br)cs1. The molecule has 0 aliphatic heterocycles. The minimum absolute atomic E-state index is 0.144. The van der Waals surface area contributed by atoms with Crippen LogP contribution in [0.15, 0.2) is 9.98 Å². The van der Waals surface area contributed by atoms with Gasteiger partial charge >= 0.3 is 0 Å². The average molecular weight is 291 g/mol. The van der Waals surface area contributed by atoms with Crippen LogP contribution in [0.25, 0.3) is 0 Å². The smallest absolute Gasteiger partial charge is 0.274 e. The normalized spacial score (nSPS) is 27.3. The highest BCUT2D eigenvalue weighted by Crippen LogP contribution is 2.26. The summed E-state index contributed by atoms with van der Waals surface area (Å²) in [4.78, 5) is 4.23. The number of ether oxygens (including phenoxy) is 1. The van der Waals surface area contributed by atoms with Gasteiger partial charge in [0.1, 0.15) is 10.7 Å². The average Bonchev–Trinajstić information content (AvgIpc) is 2.50. The molecule has 3 nitrogen and oxygen atoms in total. The van der Waals surface area contributed by atoms with Crippen LogP contribution in [0.5, 0.6) is 5.19 Å². The monoisotopic (exact) mass is 290 g/mol. The Morgan fingerprint density at radius 2 is 2.20 bits per heavy atom. The summed E-state index contributed by atoms with van der Waals surface area (Å²) in [6, 6.07) is 0.162. The summed E-state index contributed by atoms with van der Waals surface area (Å²) >= 11 is 4.83. The van der Waals surface area contributed by atoms with Gasteiger partial charge in [0, 0.05) is 11.4 Å². The Morgan fingerprint density at radius 1 is 1.40 bits per heavy atom. The van der Waals surface area contributed by atoms with Crippen molar-refractivity contribution in [2.75, 3.05) is 0 Å². The van der Waals surface area contributed by atoms with Crippen molar-refractivity contribution < 1.29 is 4.74 Å². The molecule has 2 atom stereocenters. The number of hydrogen-bond donors (Lipinski definition) is 1. The first-order valence-electron chi connectivity index (χ1n) is 5.29. The van der Waals surface area contributed by atoms with E-state index in [4.69, 9.17) is 10.5 Å². The Labute approximate surface area is 102 Å². The van der Waals surface area contributed by atoms with E-state index in [2.05, 4.69) is 20.9 Å². The van der Waals surface area contributed by atoms with Crippen LogP contribution >= 0.6 is 27.3 Å². The maximum absolute atomic E-state index is 6.07. The molecule has 1 fully saturated rings. The van der Waals surface area contributed by atoms with Gasteiger partial charge in [-0.15, -0.1) is 0 Å². The third-order valence-corrected chi connectivity index (χ3v) is 4.15. The lowest BCUT2D eigenvalue weighted by Crippen LogP contribution is -2.37. The first-order valence-corrected chi connectivity index (χ1v) is 6.96. The van der Waals surface area contributed by atoms with Crippen molar-refractivity contribution in [1.29, 1.82) is 0 Å². The van der Waals surface area contributed by atoms with Crippen molar-refractivity contribution in [2.45, 2.75) is 44.2 Å². The van der Waals surface area contributed by atoms with Gasteiger partial charge < -0.3 is 10.5 Å². The Morgan fingerprint density at radius 3 is 2.93 bits per heavy atom. The summed E-state index contributed by atoms with van der Waals surface area (Å²) in [6.07, 6.45) is 5.98. The van der Waals surface area contributed by atoms with Gasteiger partial charge in [-0.3, -0.25) is 0 Å². The number of rotatable bonds is 2. The Kier molecular flexibility index (Phi) is 3.99. The quantitative estimate of drug-likeness (QED) is 0.852. The zero-order chi connectivity index (χ0) is 10.7. The van der Waals surface area contributed by atoms with Crippen LogP contribution in [-0.4, -0.2) is 17.1 Å². The number of hydrogen-bond acceptors (Lipinski definition) is 4. The van der Waals surface area contributed by atoms with Gasteiger partial charge in [-0.2, -0.15) is 4.98 Å². The van der Waals surface area contributed by atoms with Gasteiger partial charge in [0.05, 0.1) is 0 Å². The largest absolute Gasteiger partial charge is 0.465 e. The van der Waals surface area contributed by atoms with E-state index in [1.165, 1.54) is 30.6 Å². The van der Waals surface area contributed by atoms with Crippen molar-refractivity contribution in [3.63, 3.8) is 0 Å². The second kappa shape index (κ2) is 5.27. The molecule has 2 rings (SSSR count). The molecule has 5 heteroatoms. The Hall–Kier alpha value is -0.130. The van der Waals surface area contributed by atoms with Crippen molar-refractivity contribution in [2.24, 2.45) is 5.73 Å². The summed E-state index contributed by atoms with van der Waals surface area (Å²) in [7, 11) is 0. The minimum Gasteiger partial charge on any atom is -0.465 e. The summed E-state index contributed by atoms with van der Waals surface area (Å²) in [6.45, 7) is 0. The molecular formula is C10H15BrN2OS. The van der Waals surface area contributed by atoms with Crippen LogP contribution in [0.2, 0.25) is 0 Å². The van der Waals surface area contributed by atoms with Crippen LogP contribution in [0, 0.1) is 0 Å². The van der Waals surface area contributed by atoms with Crippen molar-refractivity contribution in [3.8, 4) is 5.19 Å². The molecular weight excluding hydrogens is 276 g/mol. The zero-order valence-corrected chi connectivity index (χ0v) is 10.9. The van der Waals surface area contributed by atoms with Crippen molar-refractivity contribution in [3.05, 3.63) is 9.98 Å². The Bertz CT molecular complexity index is 318. The Balaban J connectivity index is 1.97. The van der Waals surface area contributed by atoms with Crippen molar-refractivity contribution >= 4 is 27.3 Å². The molecule has 0 radical (unpaired) electrons. The number of aromatic nitrogens is 1. The number of thiazole rings is 1. The fourth-order valence-electron chi connectivity index (χ4n) is 1.87. The standard InChI is InChI=1S/C10H15BrN2OS/c11-9-6-15-10(13-9)14-8-5-3-1-2-4-7(8)12/h6-8H,1-5,12H2. The molecule has 1 saturated carbocycles. The third kappa shape index (κ3) is 3.16. The molecule has 15 heavy (non-hydrogen) atoms. The summed E-state index contributed by atoms with van der Waals surface area (Å²) in [5.41, 5.74) is 6.07. The van der Waals surface area contributed by atoms with E-state index in [-0.39, 0.29) is 12.1 Å². The maximum Gasteiger partial charge on any atom is 0.274 e. The van der Waals surface area contributed by atoms with E-state index in [9.17, 15) is 0 Å². The lowest BCUT2D eigenvalue weighted by molar-refractivity contribution is 0.162. The molecule has 0 saturated heterocycles. The molecule has 1 aliphatic carbocycles. The second-order valence-electron chi connectivity index (χ2n) is 3.89. The second-order valence-corrected chi connectivity index (χ2v) is 5.53. The van der Waals surface area contributed by atoms with Crippen LogP contribution in [0.4, 0.5) is 0 Å². The van der Waals surface area contributed by atoms with E-state index < -0.39 is 0 Å². The van der Waals surface area contributed by atoms with Crippen LogP contribution in [0.3, 0.4) is 0 Å². The molecule has 84 valence electrons. The third-order valence-electron chi connectivity index (χ3n) is 2.71. The van der Waals surface area contributed by atoms with E-state index in [1.807, 2.05) is 5.38 Å². The van der Waals surface area contributed by atoms with E-state index in [0.717, 1.165) is 22.6 Å². The highest BCUT2D eigenvalue weighted by atomic mass is 79.9. The molecule has 1 heterocycles. The highest BCUT2D eigenvalue weighted by Gasteiger charge is 2.22. The molecule has 2 unspecified atom stereocenters. The summed E-state index contributed by atoms with van der Waals surface area (Å²) in [5, 5.41) is 2.65. The van der Waals surface area contributed by atoms with Gasteiger partial charge in [0.15, 0.2) is 0 Å². The van der Waals surface area contributed by atoms with Crippen LogP contribution in [0.1, 0.15) is 32.1 Å². The first kappa shape index (κ1) is 11.4. The summed E-state index contributed by atoms with van der Waals surface area (Å²) < 4.78 is 6.66. The predicted octanol–water partition coefficient (Wildman–Crippen LogP) is 2.94. The fourth-order valence-corrected chi connectivity index (χ4v) is 3.01. The molecule has 0 spiro atoms. The lowest BCUT2D eigenvalue weighted by Gasteiger charge is -2.20. The maximum atomic E-state index is 6.07. The highest BCUT2D eigenvalue weighted by molar-refractivity contribution is 9.10. The topological polar surface area (TPSA) is 48.1 Å². The molecule has 0 bridgehead atoms. The molecule has 0 amide bonds. The van der Waals surface area contributed by atoms with Crippen molar-refractivity contribution in [1.82, 2.24) is 4.98 Å².